The standard InChI is InChI=1S/C17H16ClN5O3S2/c1-2-23-13-8-7-10(18)9-11(13)15(16(23)24)21-22-17(27)20-12-5-3-4-6-14(12)28(19,25)26/h3-9H,2H2,1H3,(H2,19,25,26)(H2,20,22,27). The van der Waals surface area contributed by atoms with E-state index in [0.29, 0.717) is 22.8 Å². The molecule has 0 unspecified atom stereocenters. The molecule has 11 heteroatoms. The number of fused-ring (bicyclic) bond motifs is 1. The number of nitrogens with one attached hydrogen (secondary N) is 2. The van der Waals surface area contributed by atoms with Crippen LogP contribution in [0.2, 0.25) is 5.02 Å². The van der Waals surface area contributed by atoms with Gasteiger partial charge in [0.25, 0.3) is 5.91 Å². The van der Waals surface area contributed by atoms with Crippen molar-refractivity contribution in [3.05, 3.63) is 53.1 Å². The van der Waals surface area contributed by atoms with Crippen molar-refractivity contribution < 1.29 is 13.2 Å². The van der Waals surface area contributed by atoms with Gasteiger partial charge in [0.15, 0.2) is 10.8 Å². The molecule has 146 valence electrons. The van der Waals surface area contributed by atoms with Gasteiger partial charge in [0.05, 0.1) is 11.4 Å². The van der Waals surface area contributed by atoms with Crippen LogP contribution in [0.5, 0.6) is 0 Å². The number of nitrogens with two attached hydrogens (primary N) is 1. The number of benzene rings is 2. The normalized spacial score (nSPS) is 14.9. The number of likely N-dealkylation sites (N-methyl/N-ethyl adjacent to an activating group) is 1. The zero-order chi connectivity index (χ0) is 20.5. The van der Waals surface area contributed by atoms with Crippen LogP contribution in [0.25, 0.3) is 0 Å². The van der Waals surface area contributed by atoms with Gasteiger partial charge in [-0.25, -0.2) is 13.6 Å². The highest BCUT2D eigenvalue weighted by Crippen LogP contribution is 2.31. The zero-order valence-corrected chi connectivity index (χ0v) is 17.0. The molecule has 0 aromatic heterocycles. The van der Waals surface area contributed by atoms with E-state index in [0.717, 1.165) is 0 Å². The third-order valence-corrected chi connectivity index (χ3v) is 5.38. The Balaban J connectivity index is 1.84. The van der Waals surface area contributed by atoms with E-state index < -0.39 is 10.0 Å². The van der Waals surface area contributed by atoms with E-state index in [4.69, 9.17) is 29.0 Å². The van der Waals surface area contributed by atoms with Crippen molar-refractivity contribution in [3.8, 4) is 0 Å². The largest absolute Gasteiger partial charge is 0.330 e. The molecule has 0 aliphatic carbocycles. The maximum atomic E-state index is 12.6. The molecule has 0 radical (unpaired) electrons. The molecule has 1 aliphatic rings. The molecule has 0 bridgehead atoms. The number of sulfonamides is 1. The van der Waals surface area contributed by atoms with E-state index in [9.17, 15) is 13.2 Å². The molecule has 0 fully saturated rings. The molecule has 1 amide bonds. The first kappa shape index (κ1) is 20.2. The van der Waals surface area contributed by atoms with Crippen LogP contribution in [0.3, 0.4) is 0 Å². The first-order valence-electron chi connectivity index (χ1n) is 8.10. The van der Waals surface area contributed by atoms with Crippen molar-refractivity contribution >= 4 is 61.9 Å². The molecule has 0 spiro atoms. The first-order valence-corrected chi connectivity index (χ1v) is 10.4. The van der Waals surface area contributed by atoms with E-state index in [1.54, 1.807) is 35.2 Å². The average Bonchev–Trinajstić information content (AvgIpc) is 2.89. The van der Waals surface area contributed by atoms with E-state index in [1.165, 1.54) is 12.1 Å². The molecular weight excluding hydrogens is 422 g/mol. The Morgan fingerprint density at radius 2 is 2.00 bits per heavy atom. The molecule has 0 saturated heterocycles. The van der Waals surface area contributed by atoms with Crippen molar-refractivity contribution in [2.75, 3.05) is 16.8 Å². The maximum Gasteiger partial charge on any atom is 0.279 e. The summed E-state index contributed by atoms with van der Waals surface area (Å²) < 4.78 is 23.3. The Bertz CT molecular complexity index is 1100. The second-order valence-corrected chi connectivity index (χ2v) is 8.15. The molecule has 28 heavy (non-hydrogen) atoms. The topological polar surface area (TPSA) is 117 Å². The Morgan fingerprint density at radius 1 is 1.29 bits per heavy atom. The average molecular weight is 438 g/mol. The number of halogens is 1. The van der Waals surface area contributed by atoms with E-state index in [2.05, 4.69) is 15.8 Å². The van der Waals surface area contributed by atoms with Gasteiger partial charge < -0.3 is 10.2 Å². The second kappa shape index (κ2) is 7.84. The number of hydrogen-bond donors (Lipinski definition) is 3. The van der Waals surface area contributed by atoms with Crippen molar-refractivity contribution in [2.24, 2.45) is 10.2 Å². The smallest absolute Gasteiger partial charge is 0.279 e. The number of carbonyl (C=O) groups excluding carboxylic acids is 1. The maximum absolute atomic E-state index is 12.6. The van der Waals surface area contributed by atoms with Crippen LogP contribution in [0.4, 0.5) is 11.4 Å². The number of para-hydroxylation sites is 1. The van der Waals surface area contributed by atoms with Crippen molar-refractivity contribution in [3.63, 3.8) is 0 Å². The number of anilines is 2. The highest BCUT2D eigenvalue weighted by atomic mass is 35.5. The van der Waals surface area contributed by atoms with Gasteiger partial charge in [-0.1, -0.05) is 23.7 Å². The first-order chi connectivity index (χ1) is 13.2. The Morgan fingerprint density at radius 3 is 2.68 bits per heavy atom. The number of thiocarbonyl (C=S) groups is 1. The lowest BCUT2D eigenvalue weighted by molar-refractivity contribution is -0.112. The summed E-state index contributed by atoms with van der Waals surface area (Å²) in [5.74, 6) is -0.292. The Hall–Kier alpha value is -2.53. The SMILES string of the molecule is CCN1C(=O)C(=NNC(=S)Nc2ccccc2S(N)(=O)=O)c2cc(Cl)ccc21. The number of nitrogens with zero attached hydrogens (tertiary/aromatic N) is 2. The fraction of sp³-hybridized carbons (Fsp3) is 0.118. The molecule has 2 aromatic carbocycles. The van der Waals surface area contributed by atoms with Crippen LogP contribution in [0.15, 0.2) is 52.5 Å². The summed E-state index contributed by atoms with van der Waals surface area (Å²) in [5, 5.41) is 12.5. The fourth-order valence-electron chi connectivity index (χ4n) is 2.78. The van der Waals surface area contributed by atoms with Crippen molar-refractivity contribution in [1.29, 1.82) is 0 Å². The van der Waals surface area contributed by atoms with E-state index in [1.807, 2.05) is 6.92 Å². The van der Waals surface area contributed by atoms with Gasteiger partial charge in [-0.2, -0.15) is 5.10 Å². The number of amides is 1. The summed E-state index contributed by atoms with van der Waals surface area (Å²) in [6, 6.07) is 11.1. The Kier molecular flexibility index (Phi) is 5.66. The second-order valence-electron chi connectivity index (χ2n) is 5.78. The molecular formula is C17H16ClN5O3S2. The minimum atomic E-state index is -3.94. The van der Waals surface area contributed by atoms with Gasteiger partial charge >= 0.3 is 0 Å². The number of hydrogen-bond acceptors (Lipinski definition) is 5. The molecule has 0 atom stereocenters. The van der Waals surface area contributed by atoms with Gasteiger partial charge in [0.1, 0.15) is 4.90 Å². The zero-order valence-electron chi connectivity index (χ0n) is 14.6. The number of primary sulfonamides is 1. The molecule has 1 aliphatic heterocycles. The summed E-state index contributed by atoms with van der Waals surface area (Å²) in [6.45, 7) is 2.32. The molecule has 8 nitrogen and oxygen atoms in total. The van der Waals surface area contributed by atoms with Crippen LogP contribution in [0, 0.1) is 0 Å². The lowest BCUT2D eigenvalue weighted by Crippen LogP contribution is -2.32. The van der Waals surface area contributed by atoms with Crippen LogP contribution >= 0.6 is 23.8 Å². The lowest BCUT2D eigenvalue weighted by atomic mass is 10.1. The van der Waals surface area contributed by atoms with Crippen molar-refractivity contribution in [2.45, 2.75) is 11.8 Å². The van der Waals surface area contributed by atoms with Crippen LogP contribution < -0.4 is 20.8 Å². The quantitative estimate of drug-likeness (QED) is 0.497. The summed E-state index contributed by atoms with van der Waals surface area (Å²) in [4.78, 5) is 14.1. The summed E-state index contributed by atoms with van der Waals surface area (Å²) >= 11 is 11.2. The molecule has 4 N–H and O–H groups in total. The predicted octanol–water partition coefficient (Wildman–Crippen LogP) is 2.04. The van der Waals surface area contributed by atoms with Gasteiger partial charge in [-0.3, -0.25) is 10.2 Å². The Labute approximate surface area is 172 Å². The number of hydrazone groups is 1. The highest BCUT2D eigenvalue weighted by Gasteiger charge is 2.33. The van der Waals surface area contributed by atoms with Gasteiger partial charge in [-0.05, 0) is 49.5 Å². The lowest BCUT2D eigenvalue weighted by Gasteiger charge is -2.13. The van der Waals surface area contributed by atoms with Crippen LogP contribution in [0.1, 0.15) is 12.5 Å². The van der Waals surface area contributed by atoms with E-state index in [-0.39, 0.29) is 27.3 Å². The molecule has 2 aromatic rings. The van der Waals surface area contributed by atoms with Gasteiger partial charge in [0, 0.05) is 17.1 Å². The summed E-state index contributed by atoms with van der Waals surface area (Å²) in [7, 11) is -3.94. The summed E-state index contributed by atoms with van der Waals surface area (Å²) in [6.07, 6.45) is 0. The number of carbonyl (C=O) groups is 1. The van der Waals surface area contributed by atoms with Gasteiger partial charge in [-0.15, -0.1) is 0 Å². The minimum Gasteiger partial charge on any atom is -0.330 e. The highest BCUT2D eigenvalue weighted by molar-refractivity contribution is 7.89. The monoisotopic (exact) mass is 437 g/mol. The van der Waals surface area contributed by atoms with Crippen molar-refractivity contribution in [1.82, 2.24) is 5.43 Å². The predicted molar refractivity (Wildman–Crippen MR) is 113 cm³/mol. The van der Waals surface area contributed by atoms with Crippen LogP contribution in [-0.2, 0) is 14.8 Å². The molecule has 3 rings (SSSR count). The third kappa shape index (κ3) is 3.99. The summed E-state index contributed by atoms with van der Waals surface area (Å²) in [5.41, 5.74) is 4.21. The third-order valence-electron chi connectivity index (χ3n) is 3.98. The molecule has 0 saturated carbocycles. The fourth-order valence-corrected chi connectivity index (χ4v) is 3.80. The van der Waals surface area contributed by atoms with Gasteiger partial charge in [0.2, 0.25) is 10.0 Å². The van der Waals surface area contributed by atoms with E-state index >= 15 is 0 Å². The molecule has 1 heterocycles. The minimum absolute atomic E-state index is 0.00470. The number of rotatable bonds is 4. The van der Waals surface area contributed by atoms with Crippen LogP contribution in [-0.4, -0.2) is 31.7 Å².